The van der Waals surface area contributed by atoms with E-state index in [1.54, 1.807) is 0 Å². The second-order valence-electron chi connectivity index (χ2n) is 6.90. The first kappa shape index (κ1) is 16.3. The van der Waals surface area contributed by atoms with E-state index < -0.39 is 5.54 Å². The standard InChI is InChI=1S/C18H19N5O.ClH/c19-18(9-4-10-18)17-21-16(24-22-17)14-11-20-23(15(14)12-7-8-12)13-5-2-1-3-6-13;/h1-3,5-6,11-12H,4,7-10,19H2;1H. The second kappa shape index (κ2) is 5.97. The van der Waals surface area contributed by atoms with E-state index in [4.69, 9.17) is 10.3 Å². The third-order valence-electron chi connectivity index (χ3n) is 5.12. The molecule has 7 heteroatoms. The Hall–Kier alpha value is -2.18. The van der Waals surface area contributed by atoms with Crippen LogP contribution in [0.3, 0.4) is 0 Å². The molecule has 0 aliphatic heterocycles. The van der Waals surface area contributed by atoms with E-state index in [9.17, 15) is 0 Å². The molecule has 2 saturated carbocycles. The summed E-state index contributed by atoms with van der Waals surface area (Å²) >= 11 is 0. The van der Waals surface area contributed by atoms with Crippen molar-refractivity contribution in [3.63, 3.8) is 0 Å². The quantitative estimate of drug-likeness (QED) is 0.771. The van der Waals surface area contributed by atoms with Gasteiger partial charge in [0.15, 0.2) is 5.82 Å². The first-order valence-electron chi connectivity index (χ1n) is 8.51. The van der Waals surface area contributed by atoms with Crippen molar-refractivity contribution in [2.75, 3.05) is 0 Å². The van der Waals surface area contributed by atoms with E-state index in [-0.39, 0.29) is 12.4 Å². The lowest BCUT2D eigenvalue weighted by Gasteiger charge is -2.34. The van der Waals surface area contributed by atoms with Crippen LogP contribution in [-0.4, -0.2) is 19.9 Å². The summed E-state index contributed by atoms with van der Waals surface area (Å²) in [5.74, 6) is 1.66. The number of aromatic nitrogens is 4. The van der Waals surface area contributed by atoms with Gasteiger partial charge in [-0.2, -0.15) is 10.1 Å². The fourth-order valence-corrected chi connectivity index (χ4v) is 3.36. The van der Waals surface area contributed by atoms with E-state index in [2.05, 4.69) is 27.4 Å². The fourth-order valence-electron chi connectivity index (χ4n) is 3.36. The van der Waals surface area contributed by atoms with E-state index in [1.807, 2.05) is 29.1 Å². The average molecular weight is 358 g/mol. The Morgan fingerprint density at radius 3 is 2.56 bits per heavy atom. The molecule has 3 aromatic rings. The lowest BCUT2D eigenvalue weighted by atomic mass is 9.77. The Morgan fingerprint density at radius 1 is 1.16 bits per heavy atom. The maximum Gasteiger partial charge on any atom is 0.261 e. The Balaban J connectivity index is 0.00000157. The first-order chi connectivity index (χ1) is 11.7. The maximum atomic E-state index is 6.32. The number of benzene rings is 1. The normalized spacial score (nSPS) is 18.4. The molecule has 1 aromatic carbocycles. The van der Waals surface area contributed by atoms with Gasteiger partial charge in [-0.05, 0) is 44.2 Å². The summed E-state index contributed by atoms with van der Waals surface area (Å²) in [5.41, 5.74) is 9.06. The molecule has 0 unspecified atom stereocenters. The minimum absolute atomic E-state index is 0. The predicted molar refractivity (Wildman–Crippen MR) is 95.8 cm³/mol. The molecular formula is C18H20ClN5O. The zero-order valence-electron chi connectivity index (χ0n) is 13.8. The van der Waals surface area contributed by atoms with Crippen LogP contribution < -0.4 is 5.73 Å². The lowest BCUT2D eigenvalue weighted by molar-refractivity contribution is 0.229. The van der Waals surface area contributed by atoms with Crippen LogP contribution in [0.15, 0.2) is 41.1 Å². The molecule has 5 rings (SSSR count). The van der Waals surface area contributed by atoms with Crippen molar-refractivity contribution in [1.29, 1.82) is 0 Å². The third kappa shape index (κ3) is 2.65. The molecule has 0 saturated heterocycles. The van der Waals surface area contributed by atoms with Crippen molar-refractivity contribution < 1.29 is 4.52 Å². The largest absolute Gasteiger partial charge is 0.334 e. The van der Waals surface area contributed by atoms with Crippen LogP contribution in [0.1, 0.15) is 49.5 Å². The van der Waals surface area contributed by atoms with Crippen LogP contribution in [-0.2, 0) is 5.54 Å². The number of rotatable bonds is 4. The maximum absolute atomic E-state index is 6.32. The van der Waals surface area contributed by atoms with Crippen molar-refractivity contribution in [3.05, 3.63) is 48.0 Å². The number of hydrogen-bond donors (Lipinski definition) is 1. The molecule has 0 spiro atoms. The highest BCUT2D eigenvalue weighted by atomic mass is 35.5. The van der Waals surface area contributed by atoms with Gasteiger partial charge in [0.05, 0.1) is 28.7 Å². The highest BCUT2D eigenvalue weighted by molar-refractivity contribution is 5.85. The van der Waals surface area contributed by atoms with E-state index in [1.165, 1.54) is 12.8 Å². The van der Waals surface area contributed by atoms with Crippen molar-refractivity contribution >= 4 is 12.4 Å². The van der Waals surface area contributed by atoms with Crippen molar-refractivity contribution in [2.24, 2.45) is 5.73 Å². The summed E-state index contributed by atoms with van der Waals surface area (Å²) < 4.78 is 7.54. The summed E-state index contributed by atoms with van der Waals surface area (Å²) in [6.45, 7) is 0. The number of nitrogens with two attached hydrogens (primary N) is 1. The van der Waals surface area contributed by atoms with Gasteiger partial charge in [0.1, 0.15) is 0 Å². The minimum atomic E-state index is -0.406. The van der Waals surface area contributed by atoms with Gasteiger partial charge < -0.3 is 10.3 Å². The van der Waals surface area contributed by atoms with Crippen molar-refractivity contribution in [2.45, 2.75) is 43.6 Å². The predicted octanol–water partition coefficient (Wildman–Crippen LogP) is 3.56. The molecule has 0 amide bonds. The van der Waals surface area contributed by atoms with Crippen LogP contribution in [0.5, 0.6) is 0 Å². The van der Waals surface area contributed by atoms with Gasteiger partial charge in [-0.15, -0.1) is 12.4 Å². The second-order valence-corrected chi connectivity index (χ2v) is 6.90. The van der Waals surface area contributed by atoms with E-state index in [0.717, 1.165) is 36.2 Å². The summed E-state index contributed by atoms with van der Waals surface area (Å²) in [7, 11) is 0. The van der Waals surface area contributed by atoms with Crippen LogP contribution in [0.25, 0.3) is 17.1 Å². The number of halogens is 1. The molecule has 130 valence electrons. The summed E-state index contributed by atoms with van der Waals surface area (Å²) in [6.07, 6.45) is 7.15. The van der Waals surface area contributed by atoms with Gasteiger partial charge in [-0.1, -0.05) is 23.4 Å². The van der Waals surface area contributed by atoms with Gasteiger partial charge in [0.2, 0.25) is 0 Å². The van der Waals surface area contributed by atoms with Gasteiger partial charge >= 0.3 is 0 Å². The fraction of sp³-hybridized carbons (Fsp3) is 0.389. The molecule has 0 bridgehead atoms. The highest BCUT2D eigenvalue weighted by Crippen LogP contribution is 2.45. The molecule has 2 N–H and O–H groups in total. The molecule has 2 fully saturated rings. The average Bonchev–Trinajstić information content (AvgIpc) is 3.13. The Labute approximate surface area is 151 Å². The van der Waals surface area contributed by atoms with E-state index >= 15 is 0 Å². The van der Waals surface area contributed by atoms with Gasteiger partial charge in [0, 0.05) is 5.92 Å². The minimum Gasteiger partial charge on any atom is -0.334 e. The SMILES string of the molecule is Cl.NC1(c2noc(-c3cnn(-c4ccccc4)c3C3CC3)n2)CCC1. The molecule has 0 atom stereocenters. The van der Waals surface area contributed by atoms with Crippen LogP contribution in [0.4, 0.5) is 0 Å². The first-order valence-corrected chi connectivity index (χ1v) is 8.51. The Morgan fingerprint density at radius 2 is 1.92 bits per heavy atom. The smallest absolute Gasteiger partial charge is 0.261 e. The third-order valence-corrected chi connectivity index (χ3v) is 5.12. The van der Waals surface area contributed by atoms with Crippen LogP contribution in [0, 0.1) is 0 Å². The highest BCUT2D eigenvalue weighted by Gasteiger charge is 2.40. The molecule has 6 nitrogen and oxygen atoms in total. The van der Waals surface area contributed by atoms with E-state index in [0.29, 0.717) is 17.6 Å². The van der Waals surface area contributed by atoms with Crippen molar-refractivity contribution in [1.82, 2.24) is 19.9 Å². The Bertz CT molecular complexity index is 880. The topological polar surface area (TPSA) is 82.8 Å². The van der Waals surface area contributed by atoms with Crippen LogP contribution in [0.2, 0.25) is 0 Å². The Kier molecular flexibility index (Phi) is 3.89. The molecule has 25 heavy (non-hydrogen) atoms. The van der Waals surface area contributed by atoms with Crippen LogP contribution >= 0.6 is 12.4 Å². The number of hydrogen-bond acceptors (Lipinski definition) is 5. The molecule has 2 aliphatic carbocycles. The zero-order valence-corrected chi connectivity index (χ0v) is 14.6. The number of nitrogens with zero attached hydrogens (tertiary/aromatic N) is 4. The summed E-state index contributed by atoms with van der Waals surface area (Å²) in [6, 6.07) is 10.2. The molecule has 2 heterocycles. The van der Waals surface area contributed by atoms with Gasteiger partial charge in [-0.3, -0.25) is 0 Å². The number of para-hydroxylation sites is 1. The van der Waals surface area contributed by atoms with Crippen molar-refractivity contribution in [3.8, 4) is 17.1 Å². The summed E-state index contributed by atoms with van der Waals surface area (Å²) in [5, 5.41) is 8.73. The molecule has 2 aromatic heterocycles. The zero-order chi connectivity index (χ0) is 16.1. The lowest BCUT2D eigenvalue weighted by Crippen LogP contribution is -2.44. The molecule has 2 aliphatic rings. The van der Waals surface area contributed by atoms with Gasteiger partial charge in [-0.25, -0.2) is 4.68 Å². The summed E-state index contributed by atoms with van der Waals surface area (Å²) in [4.78, 5) is 4.60. The van der Waals surface area contributed by atoms with Gasteiger partial charge in [0.25, 0.3) is 5.89 Å². The monoisotopic (exact) mass is 357 g/mol. The molecule has 0 radical (unpaired) electrons. The molecular weight excluding hydrogens is 338 g/mol.